The fourth-order valence-corrected chi connectivity index (χ4v) is 3.58. The highest BCUT2D eigenvalue weighted by Gasteiger charge is 2.46. The van der Waals surface area contributed by atoms with Gasteiger partial charge < -0.3 is 19.0 Å². The fraction of sp³-hybridized carbons (Fsp3) is 0.667. The van der Waals surface area contributed by atoms with E-state index >= 15 is 0 Å². The summed E-state index contributed by atoms with van der Waals surface area (Å²) in [6, 6.07) is 6.02. The lowest BCUT2D eigenvalue weighted by Gasteiger charge is -2.37. The standard InChI is InChI=1S/C18H29FO4Si/c1-17(2,3)24(4,5)23-10-9-16(20)18(21-11-12-22-18)14-7-6-8-15(19)13-14/h6-8,13,16,20H,9-12H2,1-5H3. The van der Waals surface area contributed by atoms with E-state index in [1.54, 1.807) is 12.1 Å². The molecule has 1 aliphatic rings. The van der Waals surface area contributed by atoms with Crippen LogP contribution in [0.5, 0.6) is 0 Å². The van der Waals surface area contributed by atoms with Gasteiger partial charge in [0.1, 0.15) is 11.9 Å². The van der Waals surface area contributed by atoms with Gasteiger partial charge in [0.05, 0.1) is 13.2 Å². The number of benzene rings is 1. The quantitative estimate of drug-likeness (QED) is 0.788. The van der Waals surface area contributed by atoms with Gasteiger partial charge in [0.15, 0.2) is 8.32 Å². The zero-order valence-electron chi connectivity index (χ0n) is 15.3. The molecule has 1 aromatic rings. The van der Waals surface area contributed by atoms with Gasteiger partial charge in [0.25, 0.3) is 0 Å². The molecule has 1 fully saturated rings. The van der Waals surface area contributed by atoms with Gasteiger partial charge in [-0.1, -0.05) is 32.9 Å². The van der Waals surface area contributed by atoms with Crippen LogP contribution >= 0.6 is 0 Å². The predicted molar refractivity (Wildman–Crippen MR) is 93.8 cm³/mol. The molecule has 6 heteroatoms. The Labute approximate surface area is 145 Å². The van der Waals surface area contributed by atoms with Gasteiger partial charge in [-0.25, -0.2) is 4.39 Å². The predicted octanol–water partition coefficient (Wildman–Crippen LogP) is 3.80. The second-order valence-corrected chi connectivity index (χ2v) is 12.6. The van der Waals surface area contributed by atoms with Crippen LogP contribution in [-0.2, 0) is 19.7 Å². The van der Waals surface area contributed by atoms with Crippen LogP contribution in [0.25, 0.3) is 0 Å². The van der Waals surface area contributed by atoms with Crippen molar-refractivity contribution < 1.29 is 23.4 Å². The highest BCUT2D eigenvalue weighted by atomic mass is 28.4. The van der Waals surface area contributed by atoms with Crippen LogP contribution in [0.1, 0.15) is 32.8 Å². The lowest BCUT2D eigenvalue weighted by molar-refractivity contribution is -0.232. The van der Waals surface area contributed by atoms with Gasteiger partial charge >= 0.3 is 0 Å². The van der Waals surface area contributed by atoms with E-state index in [1.165, 1.54) is 12.1 Å². The molecule has 0 aromatic heterocycles. The van der Waals surface area contributed by atoms with Crippen LogP contribution in [0, 0.1) is 5.82 Å². The molecule has 1 atom stereocenters. The smallest absolute Gasteiger partial charge is 0.222 e. The normalized spacial score (nSPS) is 19.5. The Morgan fingerprint density at radius 1 is 1.29 bits per heavy atom. The largest absolute Gasteiger partial charge is 0.417 e. The Balaban J connectivity index is 2.07. The Bertz CT molecular complexity index is 550. The first-order valence-electron chi connectivity index (χ1n) is 8.44. The number of aliphatic hydroxyl groups excluding tert-OH is 1. The Hall–Kier alpha value is -0.793. The van der Waals surface area contributed by atoms with E-state index in [2.05, 4.69) is 33.9 Å². The minimum Gasteiger partial charge on any atom is -0.417 e. The number of aliphatic hydroxyl groups is 1. The fourth-order valence-electron chi connectivity index (χ4n) is 2.52. The summed E-state index contributed by atoms with van der Waals surface area (Å²) in [5.74, 6) is -1.69. The zero-order valence-corrected chi connectivity index (χ0v) is 16.3. The van der Waals surface area contributed by atoms with Crippen molar-refractivity contribution in [2.45, 2.75) is 57.2 Å². The minimum atomic E-state index is -1.88. The lowest BCUT2D eigenvalue weighted by Crippen LogP contribution is -2.44. The van der Waals surface area contributed by atoms with Gasteiger partial charge in [0, 0.05) is 18.6 Å². The molecule has 1 unspecified atom stereocenters. The topological polar surface area (TPSA) is 47.9 Å². The molecule has 0 spiro atoms. The van der Waals surface area contributed by atoms with Crippen molar-refractivity contribution in [1.29, 1.82) is 0 Å². The van der Waals surface area contributed by atoms with E-state index < -0.39 is 20.2 Å². The number of rotatable bonds is 6. The highest BCUT2D eigenvalue weighted by Crippen LogP contribution is 2.39. The first kappa shape index (κ1) is 19.5. The highest BCUT2D eigenvalue weighted by molar-refractivity contribution is 6.74. The third-order valence-corrected chi connectivity index (χ3v) is 9.58. The second kappa shape index (κ2) is 7.21. The van der Waals surface area contributed by atoms with Crippen molar-refractivity contribution >= 4 is 8.32 Å². The molecule has 1 aliphatic heterocycles. The molecule has 136 valence electrons. The van der Waals surface area contributed by atoms with Crippen LogP contribution < -0.4 is 0 Å². The average Bonchev–Trinajstić information content (AvgIpc) is 2.96. The number of hydrogen-bond donors (Lipinski definition) is 1. The summed E-state index contributed by atoms with van der Waals surface area (Å²) in [4.78, 5) is 0. The van der Waals surface area contributed by atoms with Crippen molar-refractivity contribution in [3.05, 3.63) is 35.6 Å². The van der Waals surface area contributed by atoms with Crippen LogP contribution in [0.4, 0.5) is 4.39 Å². The molecule has 0 bridgehead atoms. The third-order valence-electron chi connectivity index (χ3n) is 5.04. The maximum atomic E-state index is 13.6. The lowest BCUT2D eigenvalue weighted by atomic mass is 9.98. The summed E-state index contributed by atoms with van der Waals surface area (Å²) in [7, 11) is -1.88. The molecular formula is C18H29FO4Si. The van der Waals surface area contributed by atoms with Crippen molar-refractivity contribution in [2.75, 3.05) is 19.8 Å². The van der Waals surface area contributed by atoms with E-state index in [-0.39, 0.29) is 10.9 Å². The Morgan fingerprint density at radius 3 is 2.46 bits per heavy atom. The van der Waals surface area contributed by atoms with E-state index in [0.717, 1.165) is 0 Å². The maximum absolute atomic E-state index is 13.6. The molecule has 0 aliphatic carbocycles. The molecule has 1 heterocycles. The van der Waals surface area contributed by atoms with E-state index in [0.29, 0.717) is 31.8 Å². The molecular weight excluding hydrogens is 327 g/mol. The van der Waals surface area contributed by atoms with Gasteiger partial charge in [-0.3, -0.25) is 0 Å². The van der Waals surface area contributed by atoms with Crippen molar-refractivity contribution in [2.24, 2.45) is 0 Å². The second-order valence-electron chi connectivity index (χ2n) is 7.79. The van der Waals surface area contributed by atoms with Gasteiger partial charge in [-0.2, -0.15) is 0 Å². The maximum Gasteiger partial charge on any atom is 0.222 e. The molecule has 0 saturated carbocycles. The van der Waals surface area contributed by atoms with Gasteiger partial charge in [0.2, 0.25) is 5.79 Å². The summed E-state index contributed by atoms with van der Waals surface area (Å²) >= 11 is 0. The van der Waals surface area contributed by atoms with Crippen molar-refractivity contribution in [3.63, 3.8) is 0 Å². The van der Waals surface area contributed by atoms with Crippen LogP contribution in [-0.4, -0.2) is 39.3 Å². The van der Waals surface area contributed by atoms with E-state index in [1.807, 2.05) is 0 Å². The number of ether oxygens (including phenoxy) is 2. The SMILES string of the molecule is CC(C)(C)[Si](C)(C)OCCC(O)C1(c2cccc(F)c2)OCCO1. The van der Waals surface area contributed by atoms with E-state index in [9.17, 15) is 9.50 Å². The molecule has 1 saturated heterocycles. The molecule has 2 rings (SSSR count). The monoisotopic (exact) mass is 356 g/mol. The summed E-state index contributed by atoms with van der Waals surface area (Å²) in [6.45, 7) is 12.0. The molecule has 0 radical (unpaired) electrons. The third kappa shape index (κ3) is 4.06. The Morgan fingerprint density at radius 2 is 1.92 bits per heavy atom. The molecule has 1 aromatic carbocycles. The molecule has 0 amide bonds. The van der Waals surface area contributed by atoms with Crippen LogP contribution in [0.15, 0.2) is 24.3 Å². The van der Waals surface area contributed by atoms with E-state index in [4.69, 9.17) is 13.9 Å². The number of hydrogen-bond acceptors (Lipinski definition) is 4. The summed E-state index contributed by atoms with van der Waals surface area (Å²) < 4.78 is 31.1. The molecule has 4 nitrogen and oxygen atoms in total. The van der Waals surface area contributed by atoms with Crippen molar-refractivity contribution in [3.8, 4) is 0 Å². The molecule has 1 N–H and O–H groups in total. The Kier molecular flexibility index (Phi) is 5.87. The summed E-state index contributed by atoms with van der Waals surface area (Å²) in [6.07, 6.45) is -0.560. The van der Waals surface area contributed by atoms with Crippen LogP contribution in [0.2, 0.25) is 18.1 Å². The minimum absolute atomic E-state index is 0.110. The van der Waals surface area contributed by atoms with Gasteiger partial charge in [-0.05, 0) is 30.3 Å². The van der Waals surface area contributed by atoms with Crippen LogP contribution in [0.3, 0.4) is 0 Å². The first-order chi connectivity index (χ1) is 11.1. The van der Waals surface area contributed by atoms with Gasteiger partial charge in [-0.15, -0.1) is 0 Å². The zero-order chi connectivity index (χ0) is 18.0. The first-order valence-corrected chi connectivity index (χ1v) is 11.4. The number of halogens is 1. The molecule has 24 heavy (non-hydrogen) atoms. The summed E-state index contributed by atoms with van der Waals surface area (Å²) in [5.41, 5.74) is 0.500. The summed E-state index contributed by atoms with van der Waals surface area (Å²) in [5, 5.41) is 10.8. The average molecular weight is 357 g/mol. The van der Waals surface area contributed by atoms with Crippen molar-refractivity contribution in [1.82, 2.24) is 0 Å².